The Morgan fingerprint density at radius 2 is 2.05 bits per heavy atom. The monoisotopic (exact) mass is 307 g/mol. The quantitative estimate of drug-likeness (QED) is 0.912. The summed E-state index contributed by atoms with van der Waals surface area (Å²) in [4.78, 5) is 3.78. The summed E-state index contributed by atoms with van der Waals surface area (Å²) >= 11 is 8.49. The van der Waals surface area contributed by atoms with E-state index in [-0.39, 0.29) is 0 Å². The van der Waals surface area contributed by atoms with E-state index in [1.54, 1.807) is 0 Å². The van der Waals surface area contributed by atoms with Crippen molar-refractivity contribution in [2.24, 2.45) is 0 Å². The summed E-state index contributed by atoms with van der Waals surface area (Å²) in [5, 5.41) is 9.63. The first kappa shape index (κ1) is 13.0. The molecule has 2 saturated heterocycles. The maximum absolute atomic E-state index is 6.53. The second kappa shape index (κ2) is 4.93. The first-order chi connectivity index (χ1) is 9.72. The zero-order valence-electron chi connectivity index (χ0n) is 11.5. The average molecular weight is 308 g/mol. The Balaban J connectivity index is 1.57. The molecule has 1 aromatic heterocycles. The van der Waals surface area contributed by atoms with Crippen LogP contribution in [0.3, 0.4) is 0 Å². The van der Waals surface area contributed by atoms with Gasteiger partial charge in [-0.25, -0.2) is 0 Å². The van der Waals surface area contributed by atoms with Gasteiger partial charge in [-0.05, 0) is 44.9 Å². The van der Waals surface area contributed by atoms with E-state index in [4.69, 9.17) is 11.6 Å². The summed E-state index contributed by atoms with van der Waals surface area (Å²) in [6.45, 7) is 0. The number of piperidine rings is 1. The predicted molar refractivity (Wildman–Crippen MR) is 84.6 cm³/mol. The van der Waals surface area contributed by atoms with Crippen LogP contribution in [-0.2, 0) is 0 Å². The molecule has 5 heteroatoms. The van der Waals surface area contributed by atoms with Gasteiger partial charge in [-0.2, -0.15) is 5.10 Å². The third-order valence-corrected chi connectivity index (χ3v) is 6.70. The van der Waals surface area contributed by atoms with Gasteiger partial charge in [0.2, 0.25) is 0 Å². The zero-order chi connectivity index (χ0) is 13.7. The first-order valence-electron chi connectivity index (χ1n) is 7.22. The molecule has 3 atom stereocenters. The molecule has 2 fully saturated rings. The van der Waals surface area contributed by atoms with Gasteiger partial charge in [0.15, 0.2) is 0 Å². The highest BCUT2D eigenvalue weighted by molar-refractivity contribution is 8.00. The Hall–Kier alpha value is -0.710. The van der Waals surface area contributed by atoms with E-state index in [1.807, 2.05) is 18.0 Å². The second-order valence-corrected chi connectivity index (χ2v) is 7.69. The molecule has 106 valence electrons. The molecular formula is C15H18ClN3S. The third-order valence-electron chi connectivity index (χ3n) is 4.87. The molecule has 1 unspecified atom stereocenters. The van der Waals surface area contributed by atoms with E-state index in [2.05, 4.69) is 34.3 Å². The van der Waals surface area contributed by atoms with Crippen molar-refractivity contribution in [3.8, 4) is 0 Å². The molecular weight excluding hydrogens is 290 g/mol. The number of hydrogen-bond acceptors (Lipinski definition) is 3. The Morgan fingerprint density at radius 1 is 1.30 bits per heavy atom. The topological polar surface area (TPSA) is 31.9 Å². The highest BCUT2D eigenvalue weighted by atomic mass is 35.5. The molecule has 0 saturated carbocycles. The first-order valence-corrected chi connectivity index (χ1v) is 8.48. The normalized spacial score (nSPS) is 30.2. The van der Waals surface area contributed by atoms with Crippen LogP contribution >= 0.6 is 23.4 Å². The smallest absolute Gasteiger partial charge is 0.0666 e. The van der Waals surface area contributed by atoms with Crippen molar-refractivity contribution in [2.75, 3.05) is 7.05 Å². The van der Waals surface area contributed by atoms with Crippen molar-refractivity contribution >= 4 is 34.3 Å². The fourth-order valence-electron chi connectivity index (χ4n) is 3.69. The molecule has 0 spiro atoms. The molecule has 1 aromatic carbocycles. The van der Waals surface area contributed by atoms with Crippen molar-refractivity contribution in [3.63, 3.8) is 0 Å². The lowest BCUT2D eigenvalue weighted by Gasteiger charge is -2.36. The Bertz CT molecular complexity index is 627. The van der Waals surface area contributed by atoms with Crippen molar-refractivity contribution in [1.82, 2.24) is 15.1 Å². The van der Waals surface area contributed by atoms with Gasteiger partial charge in [-0.3, -0.25) is 5.10 Å². The van der Waals surface area contributed by atoms with Crippen LogP contribution in [-0.4, -0.2) is 39.5 Å². The summed E-state index contributed by atoms with van der Waals surface area (Å²) in [7, 11) is 2.29. The van der Waals surface area contributed by atoms with Crippen LogP contribution < -0.4 is 0 Å². The van der Waals surface area contributed by atoms with Gasteiger partial charge in [-0.15, -0.1) is 11.8 Å². The highest BCUT2D eigenvalue weighted by Crippen LogP contribution is 2.43. The van der Waals surface area contributed by atoms with Crippen molar-refractivity contribution < 1.29 is 0 Å². The fraction of sp³-hybridized carbons (Fsp3) is 0.533. The number of nitrogens with zero attached hydrogens (tertiary/aromatic N) is 2. The summed E-state index contributed by atoms with van der Waals surface area (Å²) in [6, 6.07) is 5.78. The standard InChI is InChI=1S/C15H18ClN3S/c1-19-9-2-3-10(19)7-11(6-9)20-14-5-4-13-12(15(14)16)8-17-18-13/h4-5,8-11H,2-3,6-7H2,1H3,(H,17,18)/t9-,10+,11?. The average Bonchev–Trinajstić information content (AvgIpc) is 2.97. The maximum atomic E-state index is 6.53. The van der Waals surface area contributed by atoms with Gasteiger partial charge in [0.25, 0.3) is 0 Å². The van der Waals surface area contributed by atoms with Crippen LogP contribution in [0, 0.1) is 0 Å². The lowest BCUT2D eigenvalue weighted by molar-refractivity contribution is 0.183. The summed E-state index contributed by atoms with van der Waals surface area (Å²) in [6.07, 6.45) is 7.13. The van der Waals surface area contributed by atoms with Gasteiger partial charge >= 0.3 is 0 Å². The van der Waals surface area contributed by atoms with Crippen molar-refractivity contribution in [3.05, 3.63) is 23.4 Å². The molecule has 20 heavy (non-hydrogen) atoms. The molecule has 2 aromatic rings. The minimum absolute atomic E-state index is 0.700. The minimum atomic E-state index is 0.700. The summed E-state index contributed by atoms with van der Waals surface area (Å²) < 4.78 is 0. The zero-order valence-corrected chi connectivity index (χ0v) is 13.0. The van der Waals surface area contributed by atoms with E-state index < -0.39 is 0 Å². The van der Waals surface area contributed by atoms with E-state index in [0.29, 0.717) is 5.25 Å². The number of benzene rings is 1. The van der Waals surface area contributed by atoms with E-state index in [1.165, 1.54) is 30.6 Å². The van der Waals surface area contributed by atoms with Gasteiger partial charge in [0.05, 0.1) is 16.7 Å². The van der Waals surface area contributed by atoms with Gasteiger partial charge < -0.3 is 4.90 Å². The number of rotatable bonds is 2. The molecule has 0 amide bonds. The Kier molecular flexibility index (Phi) is 3.20. The van der Waals surface area contributed by atoms with Crippen LogP contribution in [0.25, 0.3) is 10.9 Å². The van der Waals surface area contributed by atoms with Crippen molar-refractivity contribution in [1.29, 1.82) is 0 Å². The summed E-state index contributed by atoms with van der Waals surface area (Å²) in [5.74, 6) is 0. The molecule has 2 bridgehead atoms. The van der Waals surface area contributed by atoms with E-state index in [9.17, 15) is 0 Å². The van der Waals surface area contributed by atoms with E-state index >= 15 is 0 Å². The van der Waals surface area contributed by atoms with Crippen LogP contribution in [0.2, 0.25) is 5.02 Å². The molecule has 3 heterocycles. The molecule has 0 radical (unpaired) electrons. The molecule has 1 N–H and O–H groups in total. The largest absolute Gasteiger partial charge is 0.300 e. The minimum Gasteiger partial charge on any atom is -0.300 e. The lowest BCUT2D eigenvalue weighted by Crippen LogP contribution is -2.40. The van der Waals surface area contributed by atoms with Gasteiger partial charge in [-0.1, -0.05) is 11.6 Å². The number of halogens is 1. The van der Waals surface area contributed by atoms with E-state index in [0.717, 1.165) is 28.0 Å². The second-order valence-electron chi connectivity index (χ2n) is 5.97. The lowest BCUT2D eigenvalue weighted by atomic mass is 10.0. The number of nitrogens with one attached hydrogen (secondary N) is 1. The molecule has 2 aliphatic heterocycles. The fourth-order valence-corrected chi connectivity index (χ4v) is 5.39. The molecule has 0 aliphatic carbocycles. The van der Waals surface area contributed by atoms with Crippen molar-refractivity contribution in [2.45, 2.75) is 47.9 Å². The molecule has 3 nitrogen and oxygen atoms in total. The SMILES string of the molecule is CN1[C@@H]2CC[C@H]1CC(Sc1ccc3[nH]ncc3c1Cl)C2. The van der Waals surface area contributed by atoms with Gasteiger partial charge in [0, 0.05) is 27.6 Å². The highest BCUT2D eigenvalue weighted by Gasteiger charge is 2.38. The Labute approximate surface area is 128 Å². The summed E-state index contributed by atoms with van der Waals surface area (Å²) in [5.41, 5.74) is 1.02. The number of aromatic nitrogens is 2. The predicted octanol–water partition coefficient (Wildman–Crippen LogP) is 3.93. The molecule has 4 rings (SSSR count). The van der Waals surface area contributed by atoms with Crippen LogP contribution in [0.4, 0.5) is 0 Å². The number of hydrogen-bond donors (Lipinski definition) is 1. The number of aromatic amines is 1. The molecule has 2 aliphatic rings. The van der Waals surface area contributed by atoms with Gasteiger partial charge in [0.1, 0.15) is 0 Å². The van der Waals surface area contributed by atoms with Crippen LogP contribution in [0.5, 0.6) is 0 Å². The number of thioether (sulfide) groups is 1. The number of H-pyrrole nitrogens is 1. The van der Waals surface area contributed by atoms with Crippen LogP contribution in [0.1, 0.15) is 25.7 Å². The van der Waals surface area contributed by atoms with Crippen LogP contribution in [0.15, 0.2) is 23.2 Å². The maximum Gasteiger partial charge on any atom is 0.0666 e. The third kappa shape index (κ3) is 2.05. The number of fused-ring (bicyclic) bond motifs is 3. The Morgan fingerprint density at radius 3 is 2.80 bits per heavy atom.